The molecule has 1 heterocycles. The SMILES string of the molecule is Cc1cc(C)c(NC(=O)c2cc(N)ccn2)c(Cl)c1. The van der Waals surface area contributed by atoms with Crippen LogP contribution in [-0.2, 0) is 0 Å². The predicted octanol–water partition coefficient (Wildman–Crippen LogP) is 3.19. The van der Waals surface area contributed by atoms with Crippen molar-refractivity contribution in [2.45, 2.75) is 13.8 Å². The molecule has 19 heavy (non-hydrogen) atoms. The molecule has 0 atom stereocenters. The second kappa shape index (κ2) is 5.28. The lowest BCUT2D eigenvalue weighted by Crippen LogP contribution is -2.15. The van der Waals surface area contributed by atoms with Crippen molar-refractivity contribution in [2.24, 2.45) is 0 Å². The summed E-state index contributed by atoms with van der Waals surface area (Å²) in [6, 6.07) is 6.90. The highest BCUT2D eigenvalue weighted by Crippen LogP contribution is 2.27. The molecular formula is C14H14ClN3O. The van der Waals surface area contributed by atoms with Gasteiger partial charge in [0.25, 0.3) is 5.91 Å². The highest BCUT2D eigenvalue weighted by atomic mass is 35.5. The fraction of sp³-hybridized carbons (Fsp3) is 0.143. The van der Waals surface area contributed by atoms with Crippen LogP contribution in [0.3, 0.4) is 0 Å². The van der Waals surface area contributed by atoms with E-state index in [0.29, 0.717) is 16.4 Å². The van der Waals surface area contributed by atoms with Gasteiger partial charge in [-0.25, -0.2) is 0 Å². The van der Waals surface area contributed by atoms with E-state index in [-0.39, 0.29) is 11.6 Å². The maximum Gasteiger partial charge on any atom is 0.274 e. The average Bonchev–Trinajstić information content (AvgIpc) is 2.33. The molecule has 2 aromatic rings. The summed E-state index contributed by atoms with van der Waals surface area (Å²) in [7, 11) is 0. The minimum absolute atomic E-state index is 0.260. The number of aromatic nitrogens is 1. The molecular weight excluding hydrogens is 262 g/mol. The van der Waals surface area contributed by atoms with E-state index < -0.39 is 0 Å². The van der Waals surface area contributed by atoms with Gasteiger partial charge in [0.1, 0.15) is 5.69 Å². The molecule has 4 nitrogen and oxygen atoms in total. The van der Waals surface area contributed by atoms with Crippen molar-refractivity contribution in [1.82, 2.24) is 4.98 Å². The van der Waals surface area contributed by atoms with Gasteiger partial charge in [-0.1, -0.05) is 17.7 Å². The Hall–Kier alpha value is -2.07. The van der Waals surface area contributed by atoms with Gasteiger partial charge in [0.2, 0.25) is 0 Å². The number of nitrogens with one attached hydrogen (secondary N) is 1. The average molecular weight is 276 g/mol. The van der Waals surface area contributed by atoms with Gasteiger partial charge in [0.15, 0.2) is 0 Å². The number of benzene rings is 1. The summed E-state index contributed by atoms with van der Waals surface area (Å²) in [6.07, 6.45) is 1.49. The molecule has 3 N–H and O–H groups in total. The van der Waals surface area contributed by atoms with Crippen LogP contribution in [0, 0.1) is 13.8 Å². The molecule has 0 bridgehead atoms. The van der Waals surface area contributed by atoms with Gasteiger partial charge in [-0.2, -0.15) is 0 Å². The topological polar surface area (TPSA) is 68.0 Å². The van der Waals surface area contributed by atoms with Crippen molar-refractivity contribution < 1.29 is 4.79 Å². The van der Waals surface area contributed by atoms with E-state index in [0.717, 1.165) is 11.1 Å². The Balaban J connectivity index is 2.29. The highest BCUT2D eigenvalue weighted by molar-refractivity contribution is 6.34. The number of pyridine rings is 1. The van der Waals surface area contributed by atoms with Crippen LogP contribution in [0.2, 0.25) is 5.02 Å². The van der Waals surface area contributed by atoms with E-state index in [1.54, 1.807) is 12.1 Å². The zero-order chi connectivity index (χ0) is 14.0. The molecule has 1 aromatic heterocycles. The van der Waals surface area contributed by atoms with E-state index >= 15 is 0 Å². The summed E-state index contributed by atoms with van der Waals surface area (Å²) in [5, 5.41) is 3.27. The smallest absolute Gasteiger partial charge is 0.274 e. The van der Waals surface area contributed by atoms with Crippen molar-refractivity contribution in [1.29, 1.82) is 0 Å². The first-order valence-corrected chi connectivity index (χ1v) is 6.15. The molecule has 98 valence electrons. The minimum atomic E-state index is -0.332. The number of carbonyl (C=O) groups is 1. The first-order valence-electron chi connectivity index (χ1n) is 5.77. The van der Waals surface area contributed by atoms with Gasteiger partial charge < -0.3 is 11.1 Å². The molecule has 0 saturated carbocycles. The summed E-state index contributed by atoms with van der Waals surface area (Å²) >= 11 is 6.14. The fourth-order valence-corrected chi connectivity index (χ4v) is 2.19. The number of rotatable bonds is 2. The van der Waals surface area contributed by atoms with Crippen LogP contribution in [0.5, 0.6) is 0 Å². The standard InChI is InChI=1S/C14H14ClN3O/c1-8-5-9(2)13(11(15)6-8)18-14(19)12-7-10(16)3-4-17-12/h3-7H,1-2H3,(H2,16,17)(H,18,19). The normalized spacial score (nSPS) is 10.3. The van der Waals surface area contributed by atoms with Gasteiger partial charge >= 0.3 is 0 Å². The van der Waals surface area contributed by atoms with E-state index in [9.17, 15) is 4.79 Å². The van der Waals surface area contributed by atoms with E-state index in [4.69, 9.17) is 17.3 Å². The van der Waals surface area contributed by atoms with Gasteiger partial charge in [-0.3, -0.25) is 9.78 Å². The Labute approximate surface area is 116 Å². The fourth-order valence-electron chi connectivity index (χ4n) is 1.82. The molecule has 0 aliphatic heterocycles. The number of amides is 1. The maximum atomic E-state index is 12.1. The number of carbonyl (C=O) groups excluding carboxylic acids is 1. The van der Waals surface area contributed by atoms with Gasteiger partial charge in [-0.05, 0) is 43.2 Å². The summed E-state index contributed by atoms with van der Waals surface area (Å²) in [5.41, 5.74) is 8.92. The number of nitrogen functional groups attached to an aromatic ring is 1. The van der Waals surface area contributed by atoms with Gasteiger partial charge in [0.05, 0.1) is 10.7 Å². The molecule has 0 aliphatic carbocycles. The quantitative estimate of drug-likeness (QED) is 0.884. The van der Waals surface area contributed by atoms with Crippen LogP contribution in [0.1, 0.15) is 21.6 Å². The van der Waals surface area contributed by atoms with Crippen LogP contribution in [-0.4, -0.2) is 10.9 Å². The first kappa shape index (κ1) is 13.4. The van der Waals surface area contributed by atoms with Crippen LogP contribution < -0.4 is 11.1 Å². The van der Waals surface area contributed by atoms with Crippen LogP contribution in [0.25, 0.3) is 0 Å². The predicted molar refractivity (Wildman–Crippen MR) is 77.5 cm³/mol. The molecule has 2 rings (SSSR count). The molecule has 0 aliphatic rings. The van der Waals surface area contributed by atoms with Gasteiger partial charge in [-0.15, -0.1) is 0 Å². The second-order valence-electron chi connectivity index (χ2n) is 4.37. The maximum absolute atomic E-state index is 12.1. The Kier molecular flexibility index (Phi) is 3.71. The zero-order valence-electron chi connectivity index (χ0n) is 10.7. The summed E-state index contributed by atoms with van der Waals surface area (Å²) in [6.45, 7) is 3.84. The molecule has 0 spiro atoms. The number of hydrogen-bond acceptors (Lipinski definition) is 3. The van der Waals surface area contributed by atoms with Crippen LogP contribution in [0.4, 0.5) is 11.4 Å². The van der Waals surface area contributed by atoms with Crippen molar-refractivity contribution in [3.05, 3.63) is 52.3 Å². The van der Waals surface area contributed by atoms with E-state index in [1.165, 1.54) is 12.3 Å². The lowest BCUT2D eigenvalue weighted by atomic mass is 10.1. The number of anilines is 2. The summed E-state index contributed by atoms with van der Waals surface area (Å²) in [5.74, 6) is -0.332. The number of hydrogen-bond donors (Lipinski definition) is 2. The molecule has 1 aromatic carbocycles. The largest absolute Gasteiger partial charge is 0.399 e. The third kappa shape index (κ3) is 3.03. The third-order valence-electron chi connectivity index (χ3n) is 2.69. The zero-order valence-corrected chi connectivity index (χ0v) is 11.5. The monoisotopic (exact) mass is 275 g/mol. The lowest BCUT2D eigenvalue weighted by Gasteiger charge is -2.11. The van der Waals surface area contributed by atoms with Crippen LogP contribution >= 0.6 is 11.6 Å². The molecule has 5 heteroatoms. The van der Waals surface area contributed by atoms with Crippen molar-refractivity contribution >= 4 is 28.9 Å². The van der Waals surface area contributed by atoms with Gasteiger partial charge in [0, 0.05) is 11.9 Å². The Morgan fingerprint density at radius 2 is 2.05 bits per heavy atom. The van der Waals surface area contributed by atoms with Crippen molar-refractivity contribution in [3.8, 4) is 0 Å². The van der Waals surface area contributed by atoms with E-state index in [1.807, 2.05) is 19.9 Å². The summed E-state index contributed by atoms with van der Waals surface area (Å²) < 4.78 is 0. The number of aryl methyl sites for hydroxylation is 2. The van der Waals surface area contributed by atoms with Crippen LogP contribution in [0.15, 0.2) is 30.5 Å². The minimum Gasteiger partial charge on any atom is -0.399 e. The molecule has 0 unspecified atom stereocenters. The lowest BCUT2D eigenvalue weighted by molar-refractivity contribution is 0.102. The second-order valence-corrected chi connectivity index (χ2v) is 4.77. The Morgan fingerprint density at radius 1 is 1.32 bits per heavy atom. The first-order chi connectivity index (χ1) is 8.97. The Bertz CT molecular complexity index is 617. The van der Waals surface area contributed by atoms with E-state index in [2.05, 4.69) is 10.3 Å². The van der Waals surface area contributed by atoms with Crippen molar-refractivity contribution in [2.75, 3.05) is 11.1 Å². The molecule has 0 radical (unpaired) electrons. The molecule has 0 fully saturated rings. The summed E-state index contributed by atoms with van der Waals surface area (Å²) in [4.78, 5) is 16.0. The highest BCUT2D eigenvalue weighted by Gasteiger charge is 2.12. The Morgan fingerprint density at radius 3 is 2.68 bits per heavy atom. The molecule has 0 saturated heterocycles. The third-order valence-corrected chi connectivity index (χ3v) is 2.98. The number of nitrogens with zero attached hydrogens (tertiary/aromatic N) is 1. The molecule has 1 amide bonds. The van der Waals surface area contributed by atoms with Crippen molar-refractivity contribution in [3.63, 3.8) is 0 Å². The number of nitrogens with two attached hydrogens (primary N) is 1. The number of halogens is 1.